The lowest BCUT2D eigenvalue weighted by Crippen LogP contribution is -2.26. The van der Waals surface area contributed by atoms with Crippen molar-refractivity contribution in [2.24, 2.45) is 0 Å². The van der Waals surface area contributed by atoms with E-state index in [-0.39, 0.29) is 0 Å². The van der Waals surface area contributed by atoms with Crippen LogP contribution in [0.1, 0.15) is 33.1 Å². The summed E-state index contributed by atoms with van der Waals surface area (Å²) in [6.45, 7) is 5.55. The molecule has 0 saturated carbocycles. The largest absolute Gasteiger partial charge is 0.341 e. The summed E-state index contributed by atoms with van der Waals surface area (Å²) in [5, 5.41) is 4.50. The van der Waals surface area contributed by atoms with Crippen molar-refractivity contribution in [3.63, 3.8) is 0 Å². The van der Waals surface area contributed by atoms with E-state index in [2.05, 4.69) is 39.1 Å². The highest BCUT2D eigenvalue weighted by Crippen LogP contribution is 2.22. The van der Waals surface area contributed by atoms with Crippen LogP contribution >= 0.6 is 11.8 Å². The van der Waals surface area contributed by atoms with E-state index in [9.17, 15) is 0 Å². The first kappa shape index (κ1) is 14.3. The Balaban J connectivity index is 1.75. The number of nitrogens with zero attached hydrogens (tertiary/aromatic N) is 3. The SMILES string of the molecule is CCCNC(C)CCCSc1ncnc2nc[nH]c12. The molecule has 2 N–H and O–H groups in total. The van der Waals surface area contributed by atoms with Crippen LogP contribution in [0, 0.1) is 0 Å². The number of rotatable bonds is 8. The van der Waals surface area contributed by atoms with Gasteiger partial charge in [-0.05, 0) is 38.5 Å². The normalized spacial score (nSPS) is 12.9. The molecule has 0 fully saturated rings. The van der Waals surface area contributed by atoms with E-state index < -0.39 is 0 Å². The first-order chi connectivity index (χ1) is 9.31. The molecule has 0 aliphatic carbocycles. The number of nitrogens with one attached hydrogen (secondary N) is 2. The molecule has 2 aromatic heterocycles. The number of aromatic nitrogens is 4. The fraction of sp³-hybridized carbons (Fsp3) is 0.615. The fourth-order valence-corrected chi connectivity index (χ4v) is 2.82. The highest BCUT2D eigenvalue weighted by atomic mass is 32.2. The number of fused-ring (bicyclic) bond motifs is 1. The van der Waals surface area contributed by atoms with Crippen LogP contribution in [0.4, 0.5) is 0 Å². The number of hydrogen-bond donors (Lipinski definition) is 2. The van der Waals surface area contributed by atoms with Crippen LogP contribution in [-0.2, 0) is 0 Å². The third-order valence-electron chi connectivity index (χ3n) is 2.95. The zero-order valence-electron chi connectivity index (χ0n) is 11.5. The van der Waals surface area contributed by atoms with E-state index in [0.717, 1.165) is 28.5 Å². The van der Waals surface area contributed by atoms with Crippen molar-refractivity contribution in [1.29, 1.82) is 0 Å². The summed E-state index contributed by atoms with van der Waals surface area (Å²) in [4.78, 5) is 15.7. The first-order valence-corrected chi connectivity index (χ1v) is 7.80. The molecular formula is C13H21N5S. The van der Waals surface area contributed by atoms with Crippen molar-refractivity contribution >= 4 is 22.9 Å². The minimum atomic E-state index is 0.595. The molecule has 19 heavy (non-hydrogen) atoms. The summed E-state index contributed by atoms with van der Waals surface area (Å²) in [5.41, 5.74) is 1.69. The maximum atomic E-state index is 4.31. The Morgan fingerprint density at radius 1 is 1.37 bits per heavy atom. The molecule has 0 aliphatic heterocycles. The Labute approximate surface area is 118 Å². The zero-order valence-corrected chi connectivity index (χ0v) is 12.3. The van der Waals surface area contributed by atoms with Gasteiger partial charge in [-0.2, -0.15) is 0 Å². The Kier molecular flexibility index (Phi) is 5.60. The lowest BCUT2D eigenvalue weighted by molar-refractivity contribution is 0.510. The predicted molar refractivity (Wildman–Crippen MR) is 79.4 cm³/mol. The molecule has 2 rings (SSSR count). The van der Waals surface area contributed by atoms with Gasteiger partial charge in [-0.3, -0.25) is 0 Å². The minimum absolute atomic E-state index is 0.595. The zero-order chi connectivity index (χ0) is 13.5. The van der Waals surface area contributed by atoms with Crippen LogP contribution in [-0.4, -0.2) is 38.3 Å². The van der Waals surface area contributed by atoms with Gasteiger partial charge in [0.2, 0.25) is 0 Å². The molecule has 0 spiro atoms. The molecule has 1 unspecified atom stereocenters. The molecule has 2 heterocycles. The standard InChI is InChI=1S/C13H21N5S/c1-3-6-14-10(2)5-4-7-19-13-11-12(16-8-15-11)17-9-18-13/h8-10,14H,3-7H2,1-2H3,(H,15,16,17,18). The summed E-state index contributed by atoms with van der Waals surface area (Å²) in [6.07, 6.45) is 6.82. The number of aromatic amines is 1. The van der Waals surface area contributed by atoms with E-state index in [1.54, 1.807) is 24.4 Å². The van der Waals surface area contributed by atoms with Crippen molar-refractivity contribution in [2.45, 2.75) is 44.2 Å². The van der Waals surface area contributed by atoms with Gasteiger partial charge in [0.1, 0.15) is 16.9 Å². The Hall–Kier alpha value is -1.14. The van der Waals surface area contributed by atoms with Gasteiger partial charge in [0.05, 0.1) is 6.33 Å². The second-order valence-corrected chi connectivity index (χ2v) is 5.71. The summed E-state index contributed by atoms with van der Waals surface area (Å²) in [7, 11) is 0. The van der Waals surface area contributed by atoms with E-state index in [0.29, 0.717) is 6.04 Å². The van der Waals surface area contributed by atoms with Crippen molar-refractivity contribution in [3.8, 4) is 0 Å². The van der Waals surface area contributed by atoms with Gasteiger partial charge < -0.3 is 10.3 Å². The highest BCUT2D eigenvalue weighted by Gasteiger charge is 2.06. The molecular weight excluding hydrogens is 258 g/mol. The summed E-state index contributed by atoms with van der Waals surface area (Å²) in [5.74, 6) is 1.07. The summed E-state index contributed by atoms with van der Waals surface area (Å²) >= 11 is 1.77. The third kappa shape index (κ3) is 4.18. The van der Waals surface area contributed by atoms with E-state index >= 15 is 0 Å². The Morgan fingerprint density at radius 2 is 2.26 bits per heavy atom. The lowest BCUT2D eigenvalue weighted by Gasteiger charge is -2.12. The van der Waals surface area contributed by atoms with Gasteiger partial charge in [-0.15, -0.1) is 11.8 Å². The predicted octanol–water partition coefficient (Wildman–Crippen LogP) is 2.61. The highest BCUT2D eigenvalue weighted by molar-refractivity contribution is 7.99. The summed E-state index contributed by atoms with van der Waals surface area (Å²) < 4.78 is 0. The molecule has 0 saturated heterocycles. The van der Waals surface area contributed by atoms with Crippen LogP contribution in [0.2, 0.25) is 0 Å². The summed E-state index contributed by atoms with van der Waals surface area (Å²) in [6, 6.07) is 0.595. The van der Waals surface area contributed by atoms with E-state index in [1.165, 1.54) is 19.3 Å². The fourth-order valence-electron chi connectivity index (χ4n) is 1.90. The molecule has 104 valence electrons. The van der Waals surface area contributed by atoms with Gasteiger partial charge in [0, 0.05) is 6.04 Å². The van der Waals surface area contributed by atoms with Gasteiger partial charge in [-0.25, -0.2) is 15.0 Å². The number of thioether (sulfide) groups is 1. The van der Waals surface area contributed by atoms with Crippen LogP contribution in [0.15, 0.2) is 17.7 Å². The van der Waals surface area contributed by atoms with Gasteiger partial charge in [0.15, 0.2) is 5.65 Å². The van der Waals surface area contributed by atoms with Crippen LogP contribution in [0.5, 0.6) is 0 Å². The van der Waals surface area contributed by atoms with Crippen molar-refractivity contribution in [1.82, 2.24) is 25.3 Å². The third-order valence-corrected chi connectivity index (χ3v) is 4.03. The molecule has 2 aromatic rings. The quantitative estimate of drug-likeness (QED) is 0.442. The van der Waals surface area contributed by atoms with E-state index in [1.807, 2.05) is 0 Å². The number of H-pyrrole nitrogens is 1. The van der Waals surface area contributed by atoms with Crippen molar-refractivity contribution in [3.05, 3.63) is 12.7 Å². The number of hydrogen-bond acceptors (Lipinski definition) is 5. The van der Waals surface area contributed by atoms with E-state index in [4.69, 9.17) is 0 Å². The van der Waals surface area contributed by atoms with Crippen LogP contribution < -0.4 is 5.32 Å². The average Bonchev–Trinajstić information content (AvgIpc) is 2.90. The molecule has 1 atom stereocenters. The smallest absolute Gasteiger partial charge is 0.181 e. The maximum absolute atomic E-state index is 4.31. The maximum Gasteiger partial charge on any atom is 0.181 e. The molecule has 6 heteroatoms. The molecule has 0 aromatic carbocycles. The van der Waals surface area contributed by atoms with Crippen molar-refractivity contribution in [2.75, 3.05) is 12.3 Å². The monoisotopic (exact) mass is 279 g/mol. The molecule has 0 aliphatic rings. The van der Waals surface area contributed by atoms with Crippen molar-refractivity contribution < 1.29 is 0 Å². The van der Waals surface area contributed by atoms with Crippen LogP contribution in [0.3, 0.4) is 0 Å². The molecule has 0 bridgehead atoms. The topological polar surface area (TPSA) is 66.5 Å². The average molecular weight is 279 g/mol. The lowest BCUT2D eigenvalue weighted by atomic mass is 10.2. The number of imidazole rings is 1. The Morgan fingerprint density at radius 3 is 3.11 bits per heavy atom. The Bertz CT molecular complexity index is 498. The molecule has 0 amide bonds. The molecule has 5 nitrogen and oxygen atoms in total. The molecule has 0 radical (unpaired) electrons. The van der Waals surface area contributed by atoms with Gasteiger partial charge in [-0.1, -0.05) is 6.92 Å². The van der Waals surface area contributed by atoms with Gasteiger partial charge >= 0.3 is 0 Å². The van der Waals surface area contributed by atoms with Gasteiger partial charge in [0.25, 0.3) is 0 Å². The minimum Gasteiger partial charge on any atom is -0.341 e. The first-order valence-electron chi connectivity index (χ1n) is 6.81. The van der Waals surface area contributed by atoms with Crippen LogP contribution in [0.25, 0.3) is 11.2 Å². The second kappa shape index (κ2) is 7.45. The second-order valence-electron chi connectivity index (χ2n) is 4.63.